The van der Waals surface area contributed by atoms with Crippen LogP contribution in [0.2, 0.25) is 0 Å². The number of piperazine rings is 1. The third-order valence-corrected chi connectivity index (χ3v) is 5.35. The maximum Gasteiger partial charge on any atom is 0.257 e. The quantitative estimate of drug-likeness (QED) is 0.659. The van der Waals surface area contributed by atoms with Crippen LogP contribution >= 0.6 is 12.2 Å². The van der Waals surface area contributed by atoms with Gasteiger partial charge in [-0.2, -0.15) is 0 Å². The summed E-state index contributed by atoms with van der Waals surface area (Å²) in [5.41, 5.74) is 2.24. The molecule has 9 heteroatoms. The molecule has 0 saturated carbocycles. The normalized spacial score (nSPS) is 14.0. The van der Waals surface area contributed by atoms with Gasteiger partial charge in [0.15, 0.2) is 16.6 Å². The number of methoxy groups -OCH3 is 3. The Kier molecular flexibility index (Phi) is 7.54. The molecule has 1 aliphatic rings. The van der Waals surface area contributed by atoms with Crippen LogP contribution in [-0.2, 0) is 0 Å². The fourth-order valence-electron chi connectivity index (χ4n) is 3.44. The van der Waals surface area contributed by atoms with Gasteiger partial charge >= 0.3 is 0 Å². The molecule has 3 rings (SSSR count). The highest BCUT2D eigenvalue weighted by Gasteiger charge is 2.19. The summed E-state index contributed by atoms with van der Waals surface area (Å²) in [4.78, 5) is 17.4. The number of nitrogens with one attached hydrogen (secondary N) is 2. The molecule has 0 aliphatic carbocycles. The van der Waals surface area contributed by atoms with Crippen LogP contribution in [-0.4, -0.2) is 70.5 Å². The number of rotatable bonds is 6. The number of amides is 1. The topological polar surface area (TPSA) is 75.3 Å². The van der Waals surface area contributed by atoms with Crippen molar-refractivity contribution in [2.75, 3.05) is 64.8 Å². The smallest absolute Gasteiger partial charge is 0.257 e. The van der Waals surface area contributed by atoms with Crippen LogP contribution in [0.5, 0.6) is 17.2 Å². The van der Waals surface area contributed by atoms with Crippen molar-refractivity contribution in [1.29, 1.82) is 0 Å². The molecule has 166 valence electrons. The van der Waals surface area contributed by atoms with Crippen molar-refractivity contribution in [3.8, 4) is 17.2 Å². The Morgan fingerprint density at radius 1 is 0.968 bits per heavy atom. The molecule has 2 aromatic carbocycles. The average Bonchev–Trinajstić information content (AvgIpc) is 2.78. The SMILES string of the molecule is COc1cc(C(=O)NC(=S)Nc2ccccc2N2CCN(C)CC2)cc(OC)c1OC. The van der Waals surface area contributed by atoms with Crippen LogP contribution in [0.4, 0.5) is 11.4 Å². The van der Waals surface area contributed by atoms with Gasteiger partial charge < -0.3 is 29.3 Å². The number of carbonyl (C=O) groups is 1. The first kappa shape index (κ1) is 22.6. The zero-order valence-electron chi connectivity index (χ0n) is 18.2. The lowest BCUT2D eigenvalue weighted by molar-refractivity contribution is 0.0977. The second-order valence-corrected chi connectivity index (χ2v) is 7.54. The Bertz CT molecular complexity index is 920. The molecule has 8 nitrogen and oxygen atoms in total. The maximum absolute atomic E-state index is 12.8. The van der Waals surface area contributed by atoms with E-state index in [1.54, 1.807) is 12.1 Å². The Balaban J connectivity index is 1.73. The van der Waals surface area contributed by atoms with E-state index in [1.165, 1.54) is 21.3 Å². The van der Waals surface area contributed by atoms with E-state index in [1.807, 2.05) is 18.2 Å². The van der Waals surface area contributed by atoms with Crippen LogP contribution < -0.4 is 29.7 Å². The summed E-state index contributed by atoms with van der Waals surface area (Å²) in [7, 11) is 6.63. The molecule has 2 N–H and O–H groups in total. The number of para-hydroxylation sites is 2. The summed E-state index contributed by atoms with van der Waals surface area (Å²) >= 11 is 5.41. The first-order valence-corrected chi connectivity index (χ1v) is 10.3. The van der Waals surface area contributed by atoms with Crippen molar-refractivity contribution in [1.82, 2.24) is 10.2 Å². The molecule has 1 amide bonds. The van der Waals surface area contributed by atoms with Gasteiger partial charge in [-0.05, 0) is 43.5 Å². The van der Waals surface area contributed by atoms with Gasteiger partial charge in [-0.15, -0.1) is 0 Å². The highest BCUT2D eigenvalue weighted by Crippen LogP contribution is 2.38. The summed E-state index contributed by atoms with van der Waals surface area (Å²) in [5, 5.41) is 6.09. The Hall–Kier alpha value is -3.04. The van der Waals surface area contributed by atoms with E-state index < -0.39 is 0 Å². The van der Waals surface area contributed by atoms with Crippen molar-refractivity contribution in [3.63, 3.8) is 0 Å². The van der Waals surface area contributed by atoms with E-state index in [9.17, 15) is 4.79 Å². The molecule has 2 aromatic rings. The van der Waals surface area contributed by atoms with E-state index in [0.717, 1.165) is 37.6 Å². The van der Waals surface area contributed by atoms with Crippen molar-refractivity contribution in [3.05, 3.63) is 42.0 Å². The van der Waals surface area contributed by atoms with Gasteiger partial charge in [-0.25, -0.2) is 0 Å². The molecule has 0 aromatic heterocycles. The van der Waals surface area contributed by atoms with E-state index in [-0.39, 0.29) is 11.0 Å². The molecular weight excluding hydrogens is 416 g/mol. The Labute approximate surface area is 188 Å². The Morgan fingerprint density at radius 3 is 2.16 bits per heavy atom. The second kappa shape index (κ2) is 10.3. The third-order valence-electron chi connectivity index (χ3n) is 5.15. The number of ether oxygens (including phenoxy) is 3. The third kappa shape index (κ3) is 5.36. The van der Waals surface area contributed by atoms with Crippen molar-refractivity contribution in [2.45, 2.75) is 0 Å². The molecule has 0 unspecified atom stereocenters. The fraction of sp³-hybridized carbons (Fsp3) is 0.364. The largest absolute Gasteiger partial charge is 0.493 e. The van der Waals surface area contributed by atoms with Crippen molar-refractivity contribution < 1.29 is 19.0 Å². The molecule has 0 bridgehead atoms. The minimum atomic E-state index is -0.381. The maximum atomic E-state index is 12.8. The van der Waals surface area contributed by atoms with Gasteiger partial charge in [0.25, 0.3) is 5.91 Å². The minimum absolute atomic E-state index is 0.209. The predicted molar refractivity (Wildman–Crippen MR) is 126 cm³/mol. The lowest BCUT2D eigenvalue weighted by atomic mass is 10.1. The fourth-order valence-corrected chi connectivity index (χ4v) is 3.65. The van der Waals surface area contributed by atoms with Crippen LogP contribution in [0, 0.1) is 0 Å². The van der Waals surface area contributed by atoms with E-state index in [0.29, 0.717) is 22.8 Å². The lowest BCUT2D eigenvalue weighted by Crippen LogP contribution is -2.45. The second-order valence-electron chi connectivity index (χ2n) is 7.13. The van der Waals surface area contributed by atoms with Crippen LogP contribution in [0.3, 0.4) is 0 Å². The highest BCUT2D eigenvalue weighted by molar-refractivity contribution is 7.80. The first-order valence-electron chi connectivity index (χ1n) is 9.91. The standard InChI is InChI=1S/C22H28N4O4S/c1-25-9-11-26(12-10-25)17-8-6-5-7-16(17)23-22(31)24-21(27)15-13-18(28-2)20(30-4)19(14-15)29-3/h5-8,13-14H,9-12H2,1-4H3,(H2,23,24,27,31). The lowest BCUT2D eigenvalue weighted by Gasteiger charge is -2.35. The predicted octanol–water partition coefficient (Wildman–Crippen LogP) is 2.59. The van der Waals surface area contributed by atoms with Crippen LogP contribution in [0.1, 0.15) is 10.4 Å². The Morgan fingerprint density at radius 2 is 1.58 bits per heavy atom. The summed E-state index contributed by atoms with van der Waals surface area (Å²) < 4.78 is 15.9. The van der Waals surface area contributed by atoms with Crippen LogP contribution in [0.25, 0.3) is 0 Å². The van der Waals surface area contributed by atoms with Crippen LogP contribution in [0.15, 0.2) is 36.4 Å². The minimum Gasteiger partial charge on any atom is -0.493 e. The number of thiocarbonyl (C=S) groups is 1. The highest BCUT2D eigenvalue weighted by atomic mass is 32.1. The summed E-state index contributed by atoms with van der Waals surface area (Å²) in [6, 6.07) is 11.1. The molecule has 1 saturated heterocycles. The molecule has 0 spiro atoms. The van der Waals surface area contributed by atoms with Crippen molar-refractivity contribution in [2.24, 2.45) is 0 Å². The van der Waals surface area contributed by atoms with Crippen molar-refractivity contribution >= 4 is 34.6 Å². The van der Waals surface area contributed by atoms with E-state index in [2.05, 4.69) is 33.5 Å². The zero-order valence-corrected chi connectivity index (χ0v) is 19.0. The number of anilines is 2. The monoisotopic (exact) mass is 444 g/mol. The van der Waals surface area contributed by atoms with Gasteiger partial charge in [0.1, 0.15) is 0 Å². The van der Waals surface area contributed by atoms with Gasteiger partial charge in [0, 0.05) is 31.7 Å². The number of hydrogen-bond acceptors (Lipinski definition) is 7. The number of nitrogens with zero attached hydrogens (tertiary/aromatic N) is 2. The van der Waals surface area contributed by atoms with E-state index >= 15 is 0 Å². The first-order chi connectivity index (χ1) is 15.0. The molecular formula is C22H28N4O4S. The number of benzene rings is 2. The number of hydrogen-bond donors (Lipinski definition) is 2. The summed E-state index contributed by atoms with van der Waals surface area (Å²) in [6.45, 7) is 3.85. The van der Waals surface area contributed by atoms with E-state index in [4.69, 9.17) is 26.4 Å². The summed E-state index contributed by atoms with van der Waals surface area (Å²) in [6.07, 6.45) is 0. The zero-order chi connectivity index (χ0) is 22.4. The van der Waals surface area contributed by atoms with Gasteiger partial charge in [0.05, 0.1) is 32.7 Å². The molecule has 0 atom stereocenters. The summed E-state index contributed by atoms with van der Waals surface area (Å²) in [5.74, 6) is 0.828. The molecule has 31 heavy (non-hydrogen) atoms. The molecule has 1 aliphatic heterocycles. The molecule has 1 heterocycles. The number of carbonyl (C=O) groups excluding carboxylic acids is 1. The van der Waals surface area contributed by atoms with Gasteiger partial charge in [-0.3, -0.25) is 10.1 Å². The molecule has 0 radical (unpaired) electrons. The van der Waals surface area contributed by atoms with Gasteiger partial charge in [-0.1, -0.05) is 12.1 Å². The van der Waals surface area contributed by atoms with Gasteiger partial charge in [0.2, 0.25) is 5.75 Å². The average molecular weight is 445 g/mol. The molecule has 1 fully saturated rings. The number of likely N-dealkylation sites (N-methyl/N-ethyl adjacent to an activating group) is 1.